The molecule has 0 saturated heterocycles. The van der Waals surface area contributed by atoms with Gasteiger partial charge in [0, 0.05) is 0 Å². The van der Waals surface area contributed by atoms with Gasteiger partial charge in [0.15, 0.2) is 0 Å². The van der Waals surface area contributed by atoms with Gasteiger partial charge in [-0.3, -0.25) is 0 Å². The van der Waals surface area contributed by atoms with Crippen molar-refractivity contribution in [1.29, 1.82) is 0 Å². The maximum absolute atomic E-state index is 9.74. The third-order valence-corrected chi connectivity index (χ3v) is 2.38. The van der Waals surface area contributed by atoms with Crippen LogP contribution in [0, 0.1) is 0 Å². The number of carboxylic acid groups (broad SMARTS) is 3. The number of nitrogens with two attached hydrogens (primary N) is 3. The van der Waals surface area contributed by atoms with Crippen LogP contribution in [0.2, 0.25) is 0 Å². The van der Waals surface area contributed by atoms with Gasteiger partial charge in [0.25, 0.3) is 0 Å². The van der Waals surface area contributed by atoms with Crippen LogP contribution in [0.25, 0.3) is 0 Å². The second-order valence-electron chi connectivity index (χ2n) is 4.76. The minimum atomic E-state index is -1.43. The fourth-order valence-corrected chi connectivity index (χ4v) is 0.591. The molecule has 0 rings (SSSR count). The molecule has 25 heavy (non-hydrogen) atoms. The maximum Gasteiger partial charge on any atom is 3.00 e. The van der Waals surface area contributed by atoms with Crippen LogP contribution in [0.5, 0.6) is 0 Å². The smallest absolute Gasteiger partial charge is 0.548 e. The fraction of sp³-hybridized carbons (Fsp3) is 0.750. The fourth-order valence-electron chi connectivity index (χ4n) is 0.591. The van der Waals surface area contributed by atoms with Gasteiger partial charge in [-0.1, -0.05) is 0 Å². The number of rotatable bonds is 6. The summed E-state index contributed by atoms with van der Waals surface area (Å²) in [6.07, 6.45) is -3.12. The van der Waals surface area contributed by atoms with E-state index in [1.807, 2.05) is 0 Å². The van der Waals surface area contributed by atoms with Crippen molar-refractivity contribution in [3.8, 4) is 0 Å². The zero-order valence-corrected chi connectivity index (χ0v) is 15.2. The van der Waals surface area contributed by atoms with Gasteiger partial charge < -0.3 is 62.2 Å². The molecule has 9 N–H and O–H groups in total. The Bertz CT molecular complexity index is 337. The van der Waals surface area contributed by atoms with E-state index in [0.29, 0.717) is 0 Å². The van der Waals surface area contributed by atoms with Gasteiger partial charge in [0.2, 0.25) is 0 Å². The molecule has 0 bridgehead atoms. The molecule has 0 heterocycles. The molecule has 0 unspecified atom stereocenters. The standard InChI is InChI=1S/3C4H9NO3.Al/c3*1-2(6)3(5)4(7)8;/h3*2-3,6H,5H2,1H3,(H,7,8);/q;;;+3/p-3/t3*2-,3+;/m111./s1. The van der Waals surface area contributed by atoms with Crippen LogP contribution >= 0.6 is 0 Å². The average Bonchev–Trinajstić information content (AvgIpc) is 2.45. The van der Waals surface area contributed by atoms with Gasteiger partial charge in [-0.25, -0.2) is 0 Å². The Balaban J connectivity index is -0.000000130. The van der Waals surface area contributed by atoms with Crippen LogP contribution in [0.4, 0.5) is 0 Å². The Labute approximate surface area is 155 Å². The zero-order valence-electron chi connectivity index (χ0n) is 14.1. The number of hydrogen-bond donors (Lipinski definition) is 6. The summed E-state index contributed by atoms with van der Waals surface area (Å²) in [5.74, 6) is -4.29. The molecule has 13 heteroatoms. The van der Waals surface area contributed by atoms with Gasteiger partial charge in [-0.2, -0.15) is 0 Å². The van der Waals surface area contributed by atoms with Crippen LogP contribution in [-0.2, 0) is 14.4 Å². The first kappa shape index (κ1) is 31.5. The minimum absolute atomic E-state index is 0. The van der Waals surface area contributed by atoms with Gasteiger partial charge in [-0.05, 0) is 20.8 Å². The van der Waals surface area contributed by atoms with Gasteiger partial charge in [0.05, 0.1) is 54.3 Å². The molecule has 144 valence electrons. The van der Waals surface area contributed by atoms with Gasteiger partial charge in [-0.15, -0.1) is 0 Å². The van der Waals surface area contributed by atoms with Crippen LogP contribution < -0.4 is 32.5 Å². The summed E-state index contributed by atoms with van der Waals surface area (Å²) in [6.45, 7) is 3.88. The Hall–Kier alpha value is -1.30. The van der Waals surface area contributed by atoms with E-state index in [2.05, 4.69) is 0 Å². The molecular formula is C12H24AlN3O9. The number of carbonyl (C=O) groups is 3. The minimum Gasteiger partial charge on any atom is -0.548 e. The average molecular weight is 381 g/mol. The first-order valence-electron chi connectivity index (χ1n) is 6.60. The summed E-state index contributed by atoms with van der Waals surface area (Å²) in [5, 5.41) is 54.6. The Morgan fingerprint density at radius 2 is 0.760 bits per heavy atom. The molecule has 0 aliphatic heterocycles. The summed E-state index contributed by atoms with van der Waals surface area (Å²) < 4.78 is 0. The molecule has 0 aliphatic rings. The maximum atomic E-state index is 9.74. The predicted octanol–water partition coefficient (Wildman–Crippen LogP) is -8.05. The number of aliphatic hydroxyl groups is 3. The topological polar surface area (TPSA) is 259 Å². The first-order chi connectivity index (χ1) is 10.7. The predicted molar refractivity (Wildman–Crippen MR) is 79.7 cm³/mol. The summed E-state index contributed by atoms with van der Waals surface area (Å²) in [6, 6.07) is -3.81. The largest absolute Gasteiger partial charge is 3.00 e. The van der Waals surface area contributed by atoms with Crippen LogP contribution in [-0.4, -0.2) is 87.0 Å². The third kappa shape index (κ3) is 18.9. The van der Waals surface area contributed by atoms with Crippen LogP contribution in [0.3, 0.4) is 0 Å². The van der Waals surface area contributed by atoms with Crippen molar-refractivity contribution in [3.05, 3.63) is 0 Å². The first-order valence-corrected chi connectivity index (χ1v) is 6.60. The normalized spacial score (nSPS) is 16.7. The molecule has 0 fully saturated rings. The molecule has 0 amide bonds. The van der Waals surface area contributed by atoms with Crippen molar-refractivity contribution in [1.82, 2.24) is 0 Å². The van der Waals surface area contributed by atoms with E-state index in [1.54, 1.807) is 0 Å². The quantitative estimate of drug-likeness (QED) is 0.234. The summed E-state index contributed by atoms with van der Waals surface area (Å²) >= 11 is 0. The second-order valence-corrected chi connectivity index (χ2v) is 4.76. The van der Waals surface area contributed by atoms with Gasteiger partial charge >= 0.3 is 17.4 Å². The molecule has 6 atom stereocenters. The second kappa shape index (κ2) is 16.2. The number of carbonyl (C=O) groups excluding carboxylic acids is 3. The van der Waals surface area contributed by atoms with E-state index >= 15 is 0 Å². The van der Waals surface area contributed by atoms with Crippen LogP contribution in [0.1, 0.15) is 20.8 Å². The molecular weight excluding hydrogens is 357 g/mol. The summed E-state index contributed by atoms with van der Waals surface area (Å²) in [4.78, 5) is 29.2. The number of hydrogen-bond acceptors (Lipinski definition) is 12. The number of aliphatic carboxylic acids is 3. The van der Waals surface area contributed by atoms with Crippen molar-refractivity contribution in [3.63, 3.8) is 0 Å². The van der Waals surface area contributed by atoms with Crippen molar-refractivity contribution in [2.24, 2.45) is 17.2 Å². The van der Waals surface area contributed by atoms with Crippen LogP contribution in [0.15, 0.2) is 0 Å². The van der Waals surface area contributed by atoms with Crippen molar-refractivity contribution in [2.75, 3.05) is 0 Å². The zero-order chi connectivity index (χ0) is 20.2. The Kier molecular flexibility index (Phi) is 20.4. The molecule has 0 aliphatic carbocycles. The van der Waals surface area contributed by atoms with Crippen molar-refractivity contribution in [2.45, 2.75) is 57.2 Å². The molecule has 0 radical (unpaired) electrons. The van der Waals surface area contributed by atoms with E-state index < -0.39 is 54.3 Å². The van der Waals surface area contributed by atoms with E-state index in [-0.39, 0.29) is 17.4 Å². The monoisotopic (exact) mass is 381 g/mol. The Morgan fingerprint density at radius 3 is 0.760 bits per heavy atom. The summed E-state index contributed by atoms with van der Waals surface area (Å²) in [7, 11) is 0. The molecule has 0 saturated carbocycles. The number of aliphatic hydroxyl groups excluding tert-OH is 3. The van der Waals surface area contributed by atoms with Crippen molar-refractivity contribution < 1.29 is 45.0 Å². The third-order valence-electron chi connectivity index (χ3n) is 2.38. The molecule has 0 aromatic rings. The van der Waals surface area contributed by atoms with E-state index in [0.717, 1.165) is 0 Å². The molecule has 0 spiro atoms. The Morgan fingerprint density at radius 1 is 0.640 bits per heavy atom. The molecule has 0 aromatic carbocycles. The van der Waals surface area contributed by atoms with E-state index in [4.69, 9.17) is 32.5 Å². The molecule has 12 nitrogen and oxygen atoms in total. The summed E-state index contributed by atoms with van der Waals surface area (Å²) in [5.41, 5.74) is 14.5. The van der Waals surface area contributed by atoms with Gasteiger partial charge in [0.1, 0.15) is 0 Å². The number of carboxylic acids is 3. The SMILES string of the molecule is C[C@@H](O)[C@H](N)C(=O)[O-].C[C@@H](O)[C@H](N)C(=O)[O-].C[C@@H](O)[C@H](N)C(=O)[O-].[Al+3]. The molecule has 0 aromatic heterocycles. The van der Waals surface area contributed by atoms with Crippen molar-refractivity contribution >= 4 is 35.3 Å². The van der Waals surface area contributed by atoms with E-state index in [9.17, 15) is 29.7 Å². The van der Waals surface area contributed by atoms with E-state index in [1.165, 1.54) is 20.8 Å².